The maximum absolute atomic E-state index is 13.0. The number of piperidine rings is 1. The minimum Gasteiger partial charge on any atom is -0.467 e. The van der Waals surface area contributed by atoms with Crippen molar-refractivity contribution in [2.24, 2.45) is 0 Å². The Bertz CT molecular complexity index is 819. The number of carbonyl (C=O) groups excluding carboxylic acids is 2. The number of rotatable bonds is 4. The molecular formula is C22H24ClNO3. The highest BCUT2D eigenvalue weighted by Crippen LogP contribution is 2.30. The molecule has 1 aliphatic rings. The van der Waals surface area contributed by atoms with E-state index in [0.29, 0.717) is 18.0 Å². The van der Waals surface area contributed by atoms with Gasteiger partial charge in [0.25, 0.3) is 0 Å². The molecule has 2 atom stereocenters. The first-order chi connectivity index (χ1) is 13.0. The van der Waals surface area contributed by atoms with Crippen LogP contribution in [0, 0.1) is 0 Å². The summed E-state index contributed by atoms with van der Waals surface area (Å²) in [6.07, 6.45) is 2.51. The third kappa shape index (κ3) is 4.16. The van der Waals surface area contributed by atoms with Gasteiger partial charge in [0.15, 0.2) is 0 Å². The first-order valence-corrected chi connectivity index (χ1v) is 9.64. The number of benzene rings is 2. The van der Waals surface area contributed by atoms with Gasteiger partial charge in [-0.3, -0.25) is 4.79 Å². The number of hydrogen-bond donors (Lipinski definition) is 0. The molecule has 0 saturated carbocycles. The van der Waals surface area contributed by atoms with Gasteiger partial charge in [0, 0.05) is 17.1 Å². The fraction of sp³-hybridized carbons (Fsp3) is 0.364. The molecule has 1 fully saturated rings. The summed E-state index contributed by atoms with van der Waals surface area (Å²) < 4.78 is 4.89. The number of hydrogen-bond acceptors (Lipinski definition) is 3. The van der Waals surface area contributed by atoms with Gasteiger partial charge in [-0.2, -0.15) is 0 Å². The van der Waals surface area contributed by atoms with Gasteiger partial charge in [0.2, 0.25) is 5.91 Å². The van der Waals surface area contributed by atoms with E-state index in [-0.39, 0.29) is 17.8 Å². The Balaban J connectivity index is 1.78. The van der Waals surface area contributed by atoms with Crippen molar-refractivity contribution >= 4 is 23.5 Å². The lowest BCUT2D eigenvalue weighted by Gasteiger charge is -2.35. The van der Waals surface area contributed by atoms with Gasteiger partial charge < -0.3 is 9.64 Å². The molecule has 0 aliphatic carbocycles. The van der Waals surface area contributed by atoms with Gasteiger partial charge in [-0.15, -0.1) is 0 Å². The summed E-state index contributed by atoms with van der Waals surface area (Å²) in [5, 5.41) is 0.698. The Hall–Kier alpha value is -2.33. The van der Waals surface area contributed by atoms with Crippen LogP contribution in [0.2, 0.25) is 5.02 Å². The maximum Gasteiger partial charge on any atom is 0.328 e. The largest absolute Gasteiger partial charge is 0.467 e. The number of carbonyl (C=O) groups is 2. The molecule has 4 nitrogen and oxygen atoms in total. The first kappa shape index (κ1) is 19.4. The Morgan fingerprint density at radius 2 is 1.81 bits per heavy atom. The number of amides is 1. The topological polar surface area (TPSA) is 46.6 Å². The van der Waals surface area contributed by atoms with E-state index >= 15 is 0 Å². The lowest BCUT2D eigenvalue weighted by atomic mass is 9.94. The summed E-state index contributed by atoms with van der Waals surface area (Å²) >= 11 is 6.27. The molecular weight excluding hydrogens is 362 g/mol. The predicted octanol–water partition coefficient (Wildman–Crippen LogP) is 4.66. The average molecular weight is 386 g/mol. The van der Waals surface area contributed by atoms with Gasteiger partial charge >= 0.3 is 5.97 Å². The zero-order valence-corrected chi connectivity index (χ0v) is 16.4. The Labute approximate surface area is 165 Å². The Kier molecular flexibility index (Phi) is 6.17. The summed E-state index contributed by atoms with van der Waals surface area (Å²) in [5.74, 6) is -0.685. The monoisotopic (exact) mass is 385 g/mol. The summed E-state index contributed by atoms with van der Waals surface area (Å²) in [6.45, 7) is 2.48. The highest BCUT2D eigenvalue weighted by molar-refractivity contribution is 6.33. The van der Waals surface area contributed by atoms with Crippen LogP contribution in [0.3, 0.4) is 0 Å². The van der Waals surface area contributed by atoms with Crippen molar-refractivity contribution in [1.29, 1.82) is 0 Å². The minimum absolute atomic E-state index is 0.0319. The van der Waals surface area contributed by atoms with Gasteiger partial charge in [-0.05, 0) is 43.4 Å². The van der Waals surface area contributed by atoms with Gasteiger partial charge in [-0.1, -0.05) is 54.1 Å². The van der Waals surface area contributed by atoms with Crippen LogP contribution >= 0.6 is 11.6 Å². The van der Waals surface area contributed by atoms with Crippen LogP contribution in [0.1, 0.15) is 37.7 Å². The van der Waals surface area contributed by atoms with Crippen LogP contribution in [0.4, 0.5) is 0 Å². The second-order valence-electron chi connectivity index (χ2n) is 6.89. The number of likely N-dealkylation sites (tertiary alicyclic amines) is 1. The quantitative estimate of drug-likeness (QED) is 0.719. The molecule has 142 valence electrons. The predicted molar refractivity (Wildman–Crippen MR) is 107 cm³/mol. The molecule has 3 rings (SSSR count). The van der Waals surface area contributed by atoms with Crippen molar-refractivity contribution in [2.45, 2.75) is 38.1 Å². The highest BCUT2D eigenvalue weighted by Gasteiger charge is 2.35. The summed E-state index contributed by atoms with van der Waals surface area (Å²) in [4.78, 5) is 26.8. The van der Waals surface area contributed by atoms with Crippen molar-refractivity contribution in [3.8, 4) is 11.1 Å². The third-order valence-electron chi connectivity index (χ3n) is 5.23. The van der Waals surface area contributed by atoms with Crippen molar-refractivity contribution in [3.63, 3.8) is 0 Å². The van der Waals surface area contributed by atoms with Crippen LogP contribution in [-0.2, 0) is 14.3 Å². The van der Waals surface area contributed by atoms with E-state index in [4.69, 9.17) is 16.3 Å². The van der Waals surface area contributed by atoms with Crippen LogP contribution in [0.5, 0.6) is 0 Å². The lowest BCUT2D eigenvalue weighted by molar-refractivity contribution is -0.155. The van der Waals surface area contributed by atoms with Crippen molar-refractivity contribution in [3.05, 3.63) is 59.1 Å². The number of ether oxygens (including phenoxy) is 1. The van der Waals surface area contributed by atoms with Gasteiger partial charge in [0.1, 0.15) is 6.04 Å². The molecule has 27 heavy (non-hydrogen) atoms. The third-order valence-corrected chi connectivity index (χ3v) is 5.55. The minimum atomic E-state index is -0.471. The molecule has 5 heteroatoms. The van der Waals surface area contributed by atoms with Crippen LogP contribution in [0.15, 0.2) is 48.5 Å². The van der Waals surface area contributed by atoms with Gasteiger partial charge in [0.05, 0.1) is 13.0 Å². The van der Waals surface area contributed by atoms with Crippen molar-refractivity contribution in [1.82, 2.24) is 4.90 Å². The number of methoxy groups -OCH3 is 1. The van der Waals surface area contributed by atoms with Crippen LogP contribution in [0.25, 0.3) is 11.1 Å². The average Bonchev–Trinajstić information content (AvgIpc) is 2.72. The molecule has 1 heterocycles. The van der Waals surface area contributed by atoms with E-state index < -0.39 is 6.04 Å². The summed E-state index contributed by atoms with van der Waals surface area (Å²) in [7, 11) is 1.37. The standard InChI is InChI=1S/C22H24ClNO3/c1-15(21(25)24-14-6-5-9-20(24)22(26)27-2)16-10-12-17(13-11-16)18-7-3-4-8-19(18)23/h3-4,7-8,10-13,15,20H,5-6,9,14H2,1-2H3/t15?,20-/m0/s1. The molecule has 1 unspecified atom stereocenters. The number of esters is 1. The van der Waals surface area contributed by atoms with Gasteiger partial charge in [-0.25, -0.2) is 4.79 Å². The molecule has 2 aromatic rings. The molecule has 1 amide bonds. The summed E-state index contributed by atoms with van der Waals surface area (Å²) in [5.41, 5.74) is 2.89. The molecule has 2 aromatic carbocycles. The van der Waals surface area contributed by atoms with E-state index in [1.807, 2.05) is 55.5 Å². The van der Waals surface area contributed by atoms with E-state index in [1.54, 1.807) is 4.90 Å². The zero-order chi connectivity index (χ0) is 19.4. The summed E-state index contributed by atoms with van der Waals surface area (Å²) in [6, 6.07) is 15.1. The van der Waals surface area contributed by atoms with Crippen molar-refractivity contribution < 1.29 is 14.3 Å². The SMILES string of the molecule is COC(=O)[C@@H]1CCCCN1C(=O)C(C)c1ccc(-c2ccccc2Cl)cc1. The Morgan fingerprint density at radius 3 is 2.48 bits per heavy atom. The molecule has 0 N–H and O–H groups in total. The van der Waals surface area contributed by atoms with Crippen LogP contribution in [-0.4, -0.2) is 36.5 Å². The lowest BCUT2D eigenvalue weighted by Crippen LogP contribution is -2.49. The normalized spacial score (nSPS) is 18.0. The molecule has 1 aliphatic heterocycles. The molecule has 0 aromatic heterocycles. The second-order valence-corrected chi connectivity index (χ2v) is 7.30. The smallest absolute Gasteiger partial charge is 0.328 e. The number of halogens is 1. The molecule has 0 bridgehead atoms. The molecule has 1 saturated heterocycles. The number of nitrogens with zero attached hydrogens (tertiary/aromatic N) is 1. The van der Waals surface area contributed by atoms with Crippen molar-refractivity contribution in [2.75, 3.05) is 13.7 Å². The highest BCUT2D eigenvalue weighted by atomic mass is 35.5. The first-order valence-electron chi connectivity index (χ1n) is 9.26. The van der Waals surface area contributed by atoms with E-state index in [9.17, 15) is 9.59 Å². The van der Waals surface area contributed by atoms with E-state index in [2.05, 4.69) is 0 Å². The van der Waals surface area contributed by atoms with Crippen LogP contribution < -0.4 is 0 Å². The maximum atomic E-state index is 13.0. The molecule has 0 radical (unpaired) electrons. The molecule has 0 spiro atoms. The fourth-order valence-corrected chi connectivity index (χ4v) is 3.86. The Morgan fingerprint density at radius 1 is 1.11 bits per heavy atom. The zero-order valence-electron chi connectivity index (χ0n) is 15.7. The van der Waals surface area contributed by atoms with E-state index in [0.717, 1.165) is 29.5 Å². The fourth-order valence-electron chi connectivity index (χ4n) is 3.61. The van der Waals surface area contributed by atoms with E-state index in [1.165, 1.54) is 7.11 Å². The second kappa shape index (κ2) is 8.57.